The number of guanidine groups is 1. The molecule has 6 rings (SSSR count). The summed E-state index contributed by atoms with van der Waals surface area (Å²) < 4.78 is 0. The summed E-state index contributed by atoms with van der Waals surface area (Å²) in [5, 5.41) is 53.4. The van der Waals surface area contributed by atoms with Crippen molar-refractivity contribution < 1.29 is 58.2 Å². The van der Waals surface area contributed by atoms with Gasteiger partial charge >= 0.3 is 6.03 Å². The lowest BCUT2D eigenvalue weighted by molar-refractivity contribution is -0.137. The fourth-order valence-electron chi connectivity index (χ4n) is 9.92. The minimum atomic E-state index is -1.87. The van der Waals surface area contributed by atoms with E-state index in [0.29, 0.717) is 27.6 Å². The lowest BCUT2D eigenvalue weighted by atomic mass is 10.0. The number of H-pyrrole nitrogens is 2. The molecule has 0 aliphatic carbocycles. The number of aromatic amines is 2. The van der Waals surface area contributed by atoms with E-state index < -0.39 is 120 Å². The first-order chi connectivity index (χ1) is 43.4. The first-order valence-electron chi connectivity index (χ1n) is 29.5. The second-order valence-electron chi connectivity index (χ2n) is 22.4. The lowest BCUT2D eigenvalue weighted by Crippen LogP contribution is -2.62. The summed E-state index contributed by atoms with van der Waals surface area (Å²) in [5.41, 5.74) is 26.0. The highest BCUT2D eigenvalue weighted by molar-refractivity contribution is 5.99. The summed E-state index contributed by atoms with van der Waals surface area (Å²) in [7, 11) is 1.54. The molecule has 0 saturated carbocycles. The molecule has 29 nitrogen and oxygen atoms in total. The molecule has 91 heavy (non-hydrogen) atoms. The SMILES string of the molecule is CNC(=N)NCCC[C@H](NC(=O)[C@H](CC(C)C)NC(=O)NNC(=O)[C@H](Cc1ccccc1)NC(=O)[C@@H](NC(=O)[C@H](CC(N)=O)NC(=O)[C@@H](Cc1c[nH]c2ccccc12)NC(=O)[C@H](N)Cc1ccc(O)cc1)[C@@H](C)O)C(=O)N[C@@H](Cc1c[nH]c2ccccc12)C(N)=O. The van der Waals surface area contributed by atoms with Crippen LogP contribution in [0.1, 0.15) is 68.7 Å². The minimum Gasteiger partial charge on any atom is -0.508 e. The van der Waals surface area contributed by atoms with Crippen LogP contribution in [0.25, 0.3) is 21.8 Å². The highest BCUT2D eigenvalue weighted by Crippen LogP contribution is 2.22. The van der Waals surface area contributed by atoms with E-state index in [4.69, 9.17) is 22.6 Å². The molecule has 0 aliphatic rings. The zero-order chi connectivity index (χ0) is 66.3. The monoisotopic (exact) mass is 1260 g/mol. The van der Waals surface area contributed by atoms with Crippen LogP contribution in [-0.4, -0.2) is 153 Å². The molecule has 0 radical (unpaired) electrons. The predicted molar refractivity (Wildman–Crippen MR) is 337 cm³/mol. The Morgan fingerprint density at radius 3 is 1.63 bits per heavy atom. The Bertz CT molecular complexity index is 3520. The van der Waals surface area contributed by atoms with Gasteiger partial charge in [-0.2, -0.15) is 0 Å². The number of primary amides is 2. The van der Waals surface area contributed by atoms with Crippen molar-refractivity contribution in [2.24, 2.45) is 23.1 Å². The van der Waals surface area contributed by atoms with E-state index >= 15 is 0 Å². The minimum absolute atomic E-state index is 0.00169. The average molecular weight is 1260 g/mol. The van der Waals surface area contributed by atoms with E-state index in [9.17, 15) is 58.2 Å². The summed E-state index contributed by atoms with van der Waals surface area (Å²) in [4.78, 5) is 144. The Hall–Kier alpha value is -10.6. The fourth-order valence-corrected chi connectivity index (χ4v) is 9.92. The maximum atomic E-state index is 14.3. The molecule has 0 fully saturated rings. The Morgan fingerprint density at radius 2 is 1.04 bits per heavy atom. The van der Waals surface area contributed by atoms with Gasteiger partial charge in [0.25, 0.3) is 5.91 Å². The summed E-state index contributed by atoms with van der Waals surface area (Å²) in [6, 6.07) is 16.0. The fraction of sp³-hybridized carbons (Fsp3) is 0.371. The molecule has 2 aromatic heterocycles. The lowest BCUT2D eigenvalue weighted by Gasteiger charge is -2.28. The number of aliphatic hydroxyl groups is 1. The van der Waals surface area contributed by atoms with Crippen LogP contribution in [-0.2, 0) is 68.8 Å². The average Bonchev–Trinajstić information content (AvgIpc) is 1.88. The van der Waals surface area contributed by atoms with Gasteiger partial charge in [-0.3, -0.25) is 54.0 Å². The number of para-hydroxylation sites is 2. The van der Waals surface area contributed by atoms with Crippen LogP contribution in [0.3, 0.4) is 0 Å². The number of hydrogen-bond donors (Lipinski definition) is 19. The zero-order valence-corrected chi connectivity index (χ0v) is 50.8. The van der Waals surface area contributed by atoms with Crippen molar-refractivity contribution in [1.29, 1.82) is 5.41 Å². The maximum absolute atomic E-state index is 14.3. The van der Waals surface area contributed by atoms with Gasteiger partial charge in [-0.15, -0.1) is 0 Å². The highest BCUT2D eigenvalue weighted by atomic mass is 16.3. The summed E-state index contributed by atoms with van der Waals surface area (Å²) in [5.74, 6) is -8.74. The molecule has 0 spiro atoms. The molecule has 0 saturated heterocycles. The number of rotatable bonds is 32. The van der Waals surface area contributed by atoms with Gasteiger partial charge in [-0.25, -0.2) is 10.2 Å². The number of aromatic hydroxyl groups is 1. The molecule has 2 heterocycles. The van der Waals surface area contributed by atoms with Gasteiger partial charge in [0.1, 0.15) is 48.0 Å². The van der Waals surface area contributed by atoms with Gasteiger partial charge in [0.05, 0.1) is 18.6 Å². The van der Waals surface area contributed by atoms with Crippen molar-refractivity contribution in [3.8, 4) is 5.75 Å². The van der Waals surface area contributed by atoms with E-state index in [2.05, 4.69) is 68.7 Å². The third kappa shape index (κ3) is 21.3. The molecule has 0 bridgehead atoms. The summed E-state index contributed by atoms with van der Waals surface area (Å²) in [6.45, 7) is 4.91. The van der Waals surface area contributed by atoms with Crippen LogP contribution in [0.4, 0.5) is 4.79 Å². The highest BCUT2D eigenvalue weighted by Gasteiger charge is 2.36. The Labute approximate surface area is 524 Å². The Kier molecular flexibility index (Phi) is 25.8. The molecule has 0 unspecified atom stereocenters. The maximum Gasteiger partial charge on any atom is 0.334 e. The number of benzene rings is 4. The van der Waals surface area contributed by atoms with Crippen molar-refractivity contribution in [2.45, 2.75) is 127 Å². The first kappa shape index (κ1) is 69.5. The molecule has 0 aliphatic heterocycles. The topological polar surface area (TPSA) is 477 Å². The smallest absolute Gasteiger partial charge is 0.334 e. The summed E-state index contributed by atoms with van der Waals surface area (Å²) in [6.07, 6.45) is 0.752. The van der Waals surface area contributed by atoms with Crippen LogP contribution in [0.15, 0.2) is 116 Å². The molecule has 4 aromatic carbocycles. The molecular weight excluding hydrogens is 1170 g/mol. The molecular formula is C62H81N17O12. The van der Waals surface area contributed by atoms with Crippen molar-refractivity contribution in [1.82, 2.24) is 68.7 Å². The molecule has 486 valence electrons. The zero-order valence-electron chi connectivity index (χ0n) is 50.8. The third-order valence-electron chi connectivity index (χ3n) is 14.7. The third-order valence-corrected chi connectivity index (χ3v) is 14.7. The van der Waals surface area contributed by atoms with E-state index in [-0.39, 0.29) is 69.1 Å². The number of nitrogens with two attached hydrogens (primary N) is 3. The number of aliphatic hydroxyl groups excluding tert-OH is 1. The first-order valence-corrected chi connectivity index (χ1v) is 29.5. The number of fused-ring (bicyclic) bond motifs is 2. The van der Waals surface area contributed by atoms with Gasteiger partial charge in [0.15, 0.2) is 5.96 Å². The number of nitrogens with one attached hydrogen (secondary N) is 14. The van der Waals surface area contributed by atoms with Crippen LogP contribution in [0.2, 0.25) is 0 Å². The van der Waals surface area contributed by atoms with Gasteiger partial charge in [0, 0.05) is 67.1 Å². The van der Waals surface area contributed by atoms with Crippen molar-refractivity contribution >= 4 is 87.0 Å². The second kappa shape index (κ2) is 33.7. The van der Waals surface area contributed by atoms with Gasteiger partial charge < -0.3 is 85.2 Å². The normalized spacial score (nSPS) is 14.1. The van der Waals surface area contributed by atoms with Crippen molar-refractivity contribution in [3.05, 3.63) is 138 Å². The molecule has 22 N–H and O–H groups in total. The predicted octanol–water partition coefficient (Wildman–Crippen LogP) is -1.13. The molecule has 11 amide bonds. The van der Waals surface area contributed by atoms with Crippen molar-refractivity contribution in [2.75, 3.05) is 13.6 Å². The van der Waals surface area contributed by atoms with Crippen LogP contribution in [0, 0.1) is 11.3 Å². The van der Waals surface area contributed by atoms with E-state index in [1.165, 1.54) is 12.1 Å². The Morgan fingerprint density at radius 1 is 0.538 bits per heavy atom. The van der Waals surface area contributed by atoms with Gasteiger partial charge in [-0.05, 0) is 85.0 Å². The number of amides is 11. The number of urea groups is 1. The summed E-state index contributed by atoms with van der Waals surface area (Å²) >= 11 is 0. The largest absolute Gasteiger partial charge is 0.508 e. The van der Waals surface area contributed by atoms with E-state index in [1.54, 1.807) is 100 Å². The van der Waals surface area contributed by atoms with Crippen molar-refractivity contribution in [3.63, 3.8) is 0 Å². The van der Waals surface area contributed by atoms with E-state index in [0.717, 1.165) is 23.3 Å². The number of carbonyl (C=O) groups is 10. The molecule has 6 aromatic rings. The number of phenols is 1. The van der Waals surface area contributed by atoms with Gasteiger partial charge in [-0.1, -0.05) is 92.7 Å². The number of carbonyl (C=O) groups excluding carboxylic acids is 10. The van der Waals surface area contributed by atoms with Gasteiger partial charge in [0.2, 0.25) is 47.3 Å². The van der Waals surface area contributed by atoms with Crippen LogP contribution in [0.5, 0.6) is 5.75 Å². The number of phenolic OH excluding ortho intramolecular Hbond substituents is 1. The number of hydrazine groups is 1. The Balaban J connectivity index is 1.14. The van der Waals surface area contributed by atoms with E-state index in [1.807, 2.05) is 24.3 Å². The van der Waals surface area contributed by atoms with Crippen LogP contribution >= 0.6 is 0 Å². The quantitative estimate of drug-likeness (QED) is 0.0103. The standard InChI is InChI=1S/C62H81N17O12/c1-33(2)25-47(56(86)71-45(19-12-24-68-61(66)67-4)55(85)72-46(53(65)83)28-37-31-69-43-17-10-8-15-40(37)43)76-62(91)79-78-59(89)48(27-35-13-6-5-7-14-35)75-60(90)52(34(3)80)77-58(88)50(30-51(64)82)74-57(87)49(29-38-32-70-44-18-11-9-16-41(38)44)73-54(84)42(63)26-36-20-22-39(81)23-21-36/h5-11,13-18,20-23,31-34,42,45-50,52,69-70,80-81H,12,19,24-30,63H2,1-4H3,(H2,64,82)(H2,65,83)(H,71,86)(H,72,85)(H,73,84)(H,74,87)(H,75,90)(H,77,88)(H,78,89)(H3,66,67,68)(H2,76,79,91)/t34-,42-,45+,46+,47+,48+,49-,50+,52+/m1/s1. The molecule has 29 heteroatoms. The van der Waals surface area contributed by atoms with Crippen LogP contribution < -0.4 is 75.9 Å². The number of aromatic nitrogens is 2. The number of hydrogen-bond acceptors (Lipinski definition) is 14. The second-order valence-corrected chi connectivity index (χ2v) is 22.4. The molecule has 9 atom stereocenters.